The first-order valence-electron chi connectivity index (χ1n) is 5.89. The molecule has 1 N–H and O–H groups in total. The van der Waals surface area contributed by atoms with Crippen molar-refractivity contribution in [2.75, 3.05) is 11.9 Å². The monoisotopic (exact) mass is 260 g/mol. The van der Waals surface area contributed by atoms with E-state index in [-0.39, 0.29) is 0 Å². The van der Waals surface area contributed by atoms with Gasteiger partial charge in [0.15, 0.2) is 0 Å². The van der Waals surface area contributed by atoms with E-state index in [1.165, 1.54) is 4.90 Å². The van der Waals surface area contributed by atoms with Crippen LogP contribution in [0.4, 0.5) is 5.82 Å². The molecule has 0 aliphatic carbocycles. The molecule has 0 saturated heterocycles. The van der Waals surface area contributed by atoms with Gasteiger partial charge in [0.05, 0.1) is 5.75 Å². The van der Waals surface area contributed by atoms with E-state index in [0.29, 0.717) is 0 Å². The molecule has 0 spiro atoms. The van der Waals surface area contributed by atoms with Crippen LogP contribution in [0.1, 0.15) is 18.4 Å². The second-order valence-corrected chi connectivity index (χ2v) is 4.86. The number of nitrogens with one attached hydrogen (secondary N) is 1. The third kappa shape index (κ3) is 3.70. The summed E-state index contributed by atoms with van der Waals surface area (Å²) in [5, 5.41) is 3.22. The Labute approximate surface area is 111 Å². The summed E-state index contributed by atoms with van der Waals surface area (Å²) in [5.41, 5.74) is 0.992. The van der Waals surface area contributed by atoms with Gasteiger partial charge >= 0.3 is 0 Å². The average Bonchev–Trinajstić information content (AvgIpc) is 2.37. The minimum absolute atomic E-state index is 0.768. The highest BCUT2D eigenvalue weighted by molar-refractivity contribution is 7.98. The molecule has 0 radical (unpaired) electrons. The fourth-order valence-electron chi connectivity index (χ4n) is 1.55. The summed E-state index contributed by atoms with van der Waals surface area (Å²) in [7, 11) is 0. The summed E-state index contributed by atoms with van der Waals surface area (Å²) in [5.74, 6) is 2.52. The number of hydrogen-bond donors (Lipinski definition) is 1. The van der Waals surface area contributed by atoms with Crippen molar-refractivity contribution in [2.24, 2.45) is 0 Å². The third-order valence-corrected chi connectivity index (χ3v) is 3.28. The summed E-state index contributed by atoms with van der Waals surface area (Å²) in [6, 6.07) is 5.95. The van der Waals surface area contributed by atoms with Gasteiger partial charge in [0.2, 0.25) is 0 Å². The summed E-state index contributed by atoms with van der Waals surface area (Å²) in [6.45, 7) is 4.92. The van der Waals surface area contributed by atoms with Crippen molar-refractivity contribution in [3.05, 3.63) is 42.1 Å². The maximum Gasteiger partial charge on any atom is 0.141 e. The van der Waals surface area contributed by atoms with E-state index in [2.05, 4.69) is 27.2 Å². The lowest BCUT2D eigenvalue weighted by Crippen LogP contribution is -2.04. The van der Waals surface area contributed by atoms with E-state index in [9.17, 15) is 0 Å². The molecule has 0 saturated carbocycles. The maximum atomic E-state index is 4.48. The average molecular weight is 260 g/mol. The molecule has 0 bridgehead atoms. The van der Waals surface area contributed by atoms with E-state index in [0.717, 1.165) is 29.6 Å². The van der Waals surface area contributed by atoms with Gasteiger partial charge in [-0.15, -0.1) is 11.8 Å². The summed E-state index contributed by atoms with van der Waals surface area (Å²) in [4.78, 5) is 14.1. The van der Waals surface area contributed by atoms with Crippen LogP contribution < -0.4 is 5.32 Å². The molecule has 2 rings (SSSR count). The van der Waals surface area contributed by atoms with Gasteiger partial charge in [-0.25, -0.2) is 9.97 Å². The zero-order valence-electron chi connectivity index (χ0n) is 10.6. The Kier molecular flexibility index (Phi) is 4.52. The topological polar surface area (TPSA) is 50.7 Å². The lowest BCUT2D eigenvalue weighted by molar-refractivity contribution is 0.986. The first-order valence-corrected chi connectivity index (χ1v) is 6.87. The molecule has 4 nitrogen and oxygen atoms in total. The molecule has 0 unspecified atom stereocenters. The number of pyridine rings is 1. The van der Waals surface area contributed by atoms with Gasteiger partial charge in [-0.1, -0.05) is 0 Å². The standard InChI is InChI=1S/C13H16N4S/c1-3-15-12-8-10(2)16-13(17-12)9-18-11-4-6-14-7-5-11/h4-8H,3,9H2,1-2H3,(H,15,16,17). The van der Waals surface area contributed by atoms with Crippen molar-refractivity contribution in [1.29, 1.82) is 0 Å². The molecule has 5 heteroatoms. The molecule has 2 heterocycles. The molecule has 94 valence electrons. The quantitative estimate of drug-likeness (QED) is 0.838. The molecule has 0 aliphatic heterocycles. The smallest absolute Gasteiger partial charge is 0.141 e. The van der Waals surface area contributed by atoms with E-state index >= 15 is 0 Å². The summed E-state index contributed by atoms with van der Waals surface area (Å²) in [6.07, 6.45) is 3.59. The van der Waals surface area contributed by atoms with Crippen molar-refractivity contribution in [3.8, 4) is 0 Å². The number of rotatable bonds is 5. The molecule has 0 fully saturated rings. The predicted octanol–water partition coefficient (Wildman–Crippen LogP) is 2.90. The van der Waals surface area contributed by atoms with E-state index in [1.807, 2.05) is 25.1 Å². The second kappa shape index (κ2) is 6.35. The molecule has 0 aromatic carbocycles. The first kappa shape index (κ1) is 12.8. The van der Waals surface area contributed by atoms with E-state index < -0.39 is 0 Å². The lowest BCUT2D eigenvalue weighted by Gasteiger charge is -2.06. The first-order chi connectivity index (χ1) is 8.78. The third-order valence-electron chi connectivity index (χ3n) is 2.28. The van der Waals surface area contributed by atoms with Crippen LogP contribution in [0.3, 0.4) is 0 Å². The van der Waals surface area contributed by atoms with Crippen LogP contribution in [-0.4, -0.2) is 21.5 Å². The van der Waals surface area contributed by atoms with Crippen LogP contribution in [-0.2, 0) is 5.75 Å². The van der Waals surface area contributed by atoms with Crippen LogP contribution in [0.25, 0.3) is 0 Å². The molecular formula is C13H16N4S. The zero-order chi connectivity index (χ0) is 12.8. The number of aromatic nitrogens is 3. The van der Waals surface area contributed by atoms with Gasteiger partial charge in [0.1, 0.15) is 11.6 Å². The highest BCUT2D eigenvalue weighted by Crippen LogP contribution is 2.20. The van der Waals surface area contributed by atoms with Crippen molar-refractivity contribution in [1.82, 2.24) is 15.0 Å². The Bertz CT molecular complexity index is 502. The zero-order valence-corrected chi connectivity index (χ0v) is 11.4. The molecule has 18 heavy (non-hydrogen) atoms. The largest absolute Gasteiger partial charge is 0.370 e. The number of anilines is 1. The number of aryl methyl sites for hydroxylation is 1. The van der Waals surface area contributed by atoms with E-state index in [4.69, 9.17) is 0 Å². The lowest BCUT2D eigenvalue weighted by atomic mass is 10.4. The van der Waals surface area contributed by atoms with Crippen molar-refractivity contribution in [3.63, 3.8) is 0 Å². The number of nitrogens with zero attached hydrogens (tertiary/aromatic N) is 3. The summed E-state index contributed by atoms with van der Waals surface area (Å²) < 4.78 is 0. The minimum atomic E-state index is 0.768. The van der Waals surface area contributed by atoms with E-state index in [1.54, 1.807) is 24.2 Å². The van der Waals surface area contributed by atoms with Gasteiger partial charge in [0, 0.05) is 35.6 Å². The van der Waals surface area contributed by atoms with Crippen molar-refractivity contribution >= 4 is 17.6 Å². The molecular weight excluding hydrogens is 244 g/mol. The van der Waals surface area contributed by atoms with Crippen LogP contribution in [0.5, 0.6) is 0 Å². The SMILES string of the molecule is CCNc1cc(C)nc(CSc2ccncc2)n1. The van der Waals surface area contributed by atoms with Crippen LogP contribution >= 0.6 is 11.8 Å². The van der Waals surface area contributed by atoms with Gasteiger partial charge in [-0.3, -0.25) is 4.98 Å². The Morgan fingerprint density at radius 2 is 2.00 bits per heavy atom. The Morgan fingerprint density at radius 3 is 2.72 bits per heavy atom. The highest BCUT2D eigenvalue weighted by atomic mass is 32.2. The predicted molar refractivity (Wildman–Crippen MR) is 74.7 cm³/mol. The van der Waals surface area contributed by atoms with Gasteiger partial charge in [-0.05, 0) is 26.0 Å². The van der Waals surface area contributed by atoms with Crippen LogP contribution in [0, 0.1) is 6.92 Å². The normalized spacial score (nSPS) is 10.3. The van der Waals surface area contributed by atoms with Gasteiger partial charge in [-0.2, -0.15) is 0 Å². The Morgan fingerprint density at radius 1 is 1.22 bits per heavy atom. The highest BCUT2D eigenvalue weighted by Gasteiger charge is 2.02. The van der Waals surface area contributed by atoms with Gasteiger partial charge in [0.25, 0.3) is 0 Å². The Hall–Kier alpha value is -1.62. The molecule has 0 atom stereocenters. The van der Waals surface area contributed by atoms with Gasteiger partial charge < -0.3 is 5.32 Å². The Balaban J connectivity index is 2.05. The van der Waals surface area contributed by atoms with Crippen LogP contribution in [0.15, 0.2) is 35.5 Å². The maximum absolute atomic E-state index is 4.48. The van der Waals surface area contributed by atoms with Crippen LogP contribution in [0.2, 0.25) is 0 Å². The number of hydrogen-bond acceptors (Lipinski definition) is 5. The number of thioether (sulfide) groups is 1. The fourth-order valence-corrected chi connectivity index (χ4v) is 2.29. The minimum Gasteiger partial charge on any atom is -0.370 e. The molecule has 2 aromatic heterocycles. The second-order valence-electron chi connectivity index (χ2n) is 3.81. The molecule has 2 aromatic rings. The molecule has 0 aliphatic rings. The van der Waals surface area contributed by atoms with Crippen molar-refractivity contribution in [2.45, 2.75) is 24.5 Å². The van der Waals surface area contributed by atoms with Crippen molar-refractivity contribution < 1.29 is 0 Å². The fraction of sp³-hybridized carbons (Fsp3) is 0.308. The molecule has 0 amide bonds. The summed E-state index contributed by atoms with van der Waals surface area (Å²) >= 11 is 1.72.